The minimum absolute atomic E-state index is 0.0845. The maximum atomic E-state index is 11.4. The third kappa shape index (κ3) is 1.80. The van der Waals surface area contributed by atoms with Crippen LogP contribution in [0.25, 0.3) is 0 Å². The Kier molecular flexibility index (Phi) is 2.46. The maximum absolute atomic E-state index is 11.4. The van der Waals surface area contributed by atoms with Crippen molar-refractivity contribution in [3.63, 3.8) is 0 Å². The van der Waals surface area contributed by atoms with E-state index in [0.717, 1.165) is 6.42 Å². The molecular weight excluding hydrogens is 172 g/mol. The number of aliphatic imine (C=N–C) groups is 1. The van der Waals surface area contributed by atoms with Crippen LogP contribution >= 0.6 is 11.8 Å². The van der Waals surface area contributed by atoms with Crippen molar-refractivity contribution >= 4 is 22.8 Å². The van der Waals surface area contributed by atoms with Crippen molar-refractivity contribution in [2.45, 2.75) is 31.9 Å². The van der Waals surface area contributed by atoms with Crippen molar-refractivity contribution in [1.82, 2.24) is 0 Å². The summed E-state index contributed by atoms with van der Waals surface area (Å²) in [6, 6.07) is 0. The van der Waals surface area contributed by atoms with Gasteiger partial charge in [0.1, 0.15) is 4.75 Å². The van der Waals surface area contributed by atoms with Crippen molar-refractivity contribution in [1.29, 1.82) is 0 Å². The number of rotatable bonds is 2. The van der Waals surface area contributed by atoms with Crippen LogP contribution in [-0.2, 0) is 4.79 Å². The quantitative estimate of drug-likeness (QED) is 0.708. The number of carbonyl (C=O) groups excluding carboxylic acids is 1. The number of hydrogen-bond donors (Lipinski definition) is 1. The molecule has 1 atom stereocenters. The van der Waals surface area contributed by atoms with Crippen LogP contribution in [0.4, 0.5) is 0 Å². The molecule has 68 valence electrons. The van der Waals surface area contributed by atoms with Gasteiger partial charge in [-0.25, -0.2) is 0 Å². The van der Waals surface area contributed by atoms with Gasteiger partial charge in [-0.2, -0.15) is 4.99 Å². The third-order valence-corrected chi connectivity index (χ3v) is 2.88. The van der Waals surface area contributed by atoms with Crippen LogP contribution in [0.3, 0.4) is 0 Å². The second kappa shape index (κ2) is 3.09. The molecular formula is C8H14N2OS. The third-order valence-electron chi connectivity index (χ3n) is 1.79. The van der Waals surface area contributed by atoms with Crippen LogP contribution in [0, 0.1) is 5.92 Å². The summed E-state index contributed by atoms with van der Waals surface area (Å²) in [5.41, 5.74) is 5.47. The molecule has 0 unspecified atom stereocenters. The van der Waals surface area contributed by atoms with Gasteiger partial charge in [0.15, 0.2) is 5.17 Å². The first-order chi connectivity index (χ1) is 5.44. The fourth-order valence-electron chi connectivity index (χ4n) is 1.42. The average molecular weight is 186 g/mol. The van der Waals surface area contributed by atoms with E-state index in [1.807, 2.05) is 6.92 Å². The van der Waals surface area contributed by atoms with Crippen molar-refractivity contribution in [2.24, 2.45) is 16.6 Å². The lowest BCUT2D eigenvalue weighted by Gasteiger charge is -2.21. The number of hydrogen-bond acceptors (Lipinski definition) is 3. The Hall–Kier alpha value is -0.510. The zero-order chi connectivity index (χ0) is 9.35. The Labute approximate surface area is 76.8 Å². The molecule has 0 fully saturated rings. The average Bonchev–Trinajstić information content (AvgIpc) is 2.04. The van der Waals surface area contributed by atoms with Gasteiger partial charge < -0.3 is 5.73 Å². The number of nitrogens with two attached hydrogens (primary N) is 1. The molecule has 3 nitrogen and oxygen atoms in total. The van der Waals surface area contributed by atoms with E-state index < -0.39 is 4.75 Å². The van der Waals surface area contributed by atoms with E-state index in [0.29, 0.717) is 11.1 Å². The van der Waals surface area contributed by atoms with Crippen LogP contribution in [0.1, 0.15) is 27.2 Å². The molecule has 0 saturated heterocycles. The van der Waals surface area contributed by atoms with E-state index >= 15 is 0 Å². The Bertz CT molecular complexity index is 237. The number of thioether (sulfide) groups is 1. The molecule has 0 radical (unpaired) electrons. The monoisotopic (exact) mass is 186 g/mol. The fraction of sp³-hybridized carbons (Fsp3) is 0.750. The molecule has 0 spiro atoms. The largest absolute Gasteiger partial charge is 0.378 e. The molecule has 1 amide bonds. The summed E-state index contributed by atoms with van der Waals surface area (Å²) in [6.45, 7) is 6.09. The molecule has 0 aliphatic carbocycles. The minimum Gasteiger partial charge on any atom is -0.378 e. The molecule has 1 aliphatic heterocycles. The normalized spacial score (nSPS) is 29.7. The van der Waals surface area contributed by atoms with Crippen molar-refractivity contribution in [2.75, 3.05) is 0 Å². The van der Waals surface area contributed by atoms with Gasteiger partial charge in [-0.15, -0.1) is 0 Å². The van der Waals surface area contributed by atoms with Crippen molar-refractivity contribution < 1.29 is 4.79 Å². The first-order valence-corrected chi connectivity index (χ1v) is 4.83. The molecule has 1 aliphatic rings. The molecule has 0 aromatic heterocycles. The minimum atomic E-state index is -0.405. The van der Waals surface area contributed by atoms with Crippen LogP contribution in [0.15, 0.2) is 4.99 Å². The highest BCUT2D eigenvalue weighted by Gasteiger charge is 2.40. The SMILES string of the molecule is CC(C)C[C@]1(C)SC(N)=NC1=O. The van der Waals surface area contributed by atoms with Gasteiger partial charge in [0.05, 0.1) is 0 Å². The molecule has 0 aromatic carbocycles. The number of nitrogens with zero attached hydrogens (tertiary/aromatic N) is 1. The smallest absolute Gasteiger partial charge is 0.264 e. The molecule has 0 saturated carbocycles. The molecule has 2 N–H and O–H groups in total. The van der Waals surface area contributed by atoms with Gasteiger partial charge in [0.25, 0.3) is 5.91 Å². The van der Waals surface area contributed by atoms with Gasteiger partial charge in [-0.3, -0.25) is 4.79 Å². The van der Waals surface area contributed by atoms with Gasteiger partial charge >= 0.3 is 0 Å². The maximum Gasteiger partial charge on any atom is 0.264 e. The van der Waals surface area contributed by atoms with Crippen LogP contribution in [-0.4, -0.2) is 15.8 Å². The predicted molar refractivity (Wildman–Crippen MR) is 52.1 cm³/mol. The molecule has 0 aromatic rings. The Balaban J connectivity index is 2.70. The first-order valence-electron chi connectivity index (χ1n) is 4.01. The molecule has 1 rings (SSSR count). The summed E-state index contributed by atoms with van der Waals surface area (Å²) in [5, 5.41) is 0.406. The van der Waals surface area contributed by atoms with Crippen molar-refractivity contribution in [3.8, 4) is 0 Å². The lowest BCUT2D eigenvalue weighted by molar-refractivity contribution is -0.119. The van der Waals surface area contributed by atoms with Gasteiger partial charge in [0.2, 0.25) is 0 Å². The van der Waals surface area contributed by atoms with Crippen molar-refractivity contribution in [3.05, 3.63) is 0 Å². The second-order valence-electron chi connectivity index (χ2n) is 3.69. The number of amides is 1. The zero-order valence-corrected chi connectivity index (χ0v) is 8.44. The standard InChI is InChI=1S/C8H14N2OS/c1-5(2)4-8(3)6(11)10-7(9)12-8/h5H,4H2,1-3H3,(H2,9,10,11)/t8-/m0/s1. The summed E-state index contributed by atoms with van der Waals surface area (Å²) in [4.78, 5) is 15.1. The van der Waals surface area contributed by atoms with Gasteiger partial charge in [-0.05, 0) is 19.3 Å². The summed E-state index contributed by atoms with van der Waals surface area (Å²) in [5.74, 6) is 0.409. The van der Waals surface area contributed by atoms with E-state index in [2.05, 4.69) is 18.8 Å². The van der Waals surface area contributed by atoms with E-state index in [1.54, 1.807) is 0 Å². The van der Waals surface area contributed by atoms with Gasteiger partial charge in [-0.1, -0.05) is 25.6 Å². The second-order valence-corrected chi connectivity index (χ2v) is 5.21. The predicted octanol–water partition coefficient (Wildman–Crippen LogP) is 1.38. The molecule has 4 heteroatoms. The fourth-order valence-corrected chi connectivity index (χ4v) is 2.56. The zero-order valence-electron chi connectivity index (χ0n) is 7.63. The Morgan fingerprint density at radius 2 is 2.25 bits per heavy atom. The number of amidine groups is 1. The highest BCUT2D eigenvalue weighted by atomic mass is 32.2. The lowest BCUT2D eigenvalue weighted by Crippen LogP contribution is -2.29. The van der Waals surface area contributed by atoms with E-state index in [1.165, 1.54) is 11.8 Å². The summed E-state index contributed by atoms with van der Waals surface area (Å²) >= 11 is 1.38. The van der Waals surface area contributed by atoms with Crippen LogP contribution in [0.5, 0.6) is 0 Å². The van der Waals surface area contributed by atoms with E-state index in [-0.39, 0.29) is 5.91 Å². The molecule has 12 heavy (non-hydrogen) atoms. The van der Waals surface area contributed by atoms with Gasteiger partial charge in [0, 0.05) is 0 Å². The van der Waals surface area contributed by atoms with E-state index in [4.69, 9.17) is 5.73 Å². The summed E-state index contributed by atoms with van der Waals surface area (Å²) < 4.78 is -0.405. The molecule has 0 bridgehead atoms. The highest BCUT2D eigenvalue weighted by molar-refractivity contribution is 8.16. The molecule has 1 heterocycles. The highest BCUT2D eigenvalue weighted by Crippen LogP contribution is 2.37. The van der Waals surface area contributed by atoms with Crippen LogP contribution in [0.2, 0.25) is 0 Å². The summed E-state index contributed by atoms with van der Waals surface area (Å²) in [6.07, 6.45) is 0.834. The first kappa shape index (κ1) is 9.58. The Morgan fingerprint density at radius 3 is 2.58 bits per heavy atom. The number of carbonyl (C=O) groups is 1. The Morgan fingerprint density at radius 1 is 1.67 bits per heavy atom. The lowest BCUT2D eigenvalue weighted by atomic mass is 9.97. The summed E-state index contributed by atoms with van der Waals surface area (Å²) in [7, 11) is 0. The van der Waals surface area contributed by atoms with E-state index in [9.17, 15) is 4.79 Å². The van der Waals surface area contributed by atoms with Crippen LogP contribution < -0.4 is 5.73 Å². The topological polar surface area (TPSA) is 55.4 Å².